The molecule has 0 fully saturated rings. The number of aliphatic hydroxyl groups is 1. The van der Waals surface area contributed by atoms with Gasteiger partial charge in [0.1, 0.15) is 0 Å². The summed E-state index contributed by atoms with van der Waals surface area (Å²) in [6, 6.07) is 5.64. The molecule has 0 aliphatic heterocycles. The summed E-state index contributed by atoms with van der Waals surface area (Å²) in [5.41, 5.74) is 1.61. The van der Waals surface area contributed by atoms with Gasteiger partial charge in [0.05, 0.1) is 18.0 Å². The van der Waals surface area contributed by atoms with Gasteiger partial charge in [0.15, 0.2) is 0 Å². The van der Waals surface area contributed by atoms with Gasteiger partial charge in [-0.1, -0.05) is 12.1 Å². The molecule has 0 aliphatic rings. The van der Waals surface area contributed by atoms with Crippen molar-refractivity contribution in [3.8, 4) is 0 Å². The van der Waals surface area contributed by atoms with Crippen LogP contribution in [-0.4, -0.2) is 23.7 Å². The minimum atomic E-state index is -0.00179. The molecule has 0 spiro atoms. The monoisotopic (exact) mass is 192 g/mol. The summed E-state index contributed by atoms with van der Waals surface area (Å²) in [6.07, 6.45) is 5.03. The van der Waals surface area contributed by atoms with Crippen molar-refractivity contribution in [2.45, 2.75) is 13.0 Å². The third-order valence-corrected chi connectivity index (χ3v) is 1.84. The number of nitrogens with zero attached hydrogens (tertiary/aromatic N) is 1. The molecule has 0 unspecified atom stereocenters. The van der Waals surface area contributed by atoms with E-state index in [0.717, 1.165) is 18.7 Å². The van der Waals surface area contributed by atoms with Gasteiger partial charge in [0, 0.05) is 0 Å². The zero-order valence-electron chi connectivity index (χ0n) is 8.40. The lowest BCUT2D eigenvalue weighted by Crippen LogP contribution is -2.05. The van der Waals surface area contributed by atoms with Gasteiger partial charge in [-0.3, -0.25) is 4.98 Å². The van der Waals surface area contributed by atoms with Crippen LogP contribution in [0.5, 0.6) is 0 Å². The number of hydrogen-bond acceptors (Lipinski definition) is 3. The Morgan fingerprint density at radius 1 is 1.50 bits per heavy atom. The molecule has 0 amide bonds. The van der Waals surface area contributed by atoms with Gasteiger partial charge in [0.25, 0.3) is 0 Å². The van der Waals surface area contributed by atoms with E-state index in [1.807, 2.05) is 31.3 Å². The lowest BCUT2D eigenvalue weighted by atomic mass is 10.2. The molecule has 1 aromatic heterocycles. The van der Waals surface area contributed by atoms with E-state index in [9.17, 15) is 0 Å². The molecule has 76 valence electrons. The van der Waals surface area contributed by atoms with E-state index in [4.69, 9.17) is 5.11 Å². The summed E-state index contributed by atoms with van der Waals surface area (Å²) >= 11 is 0. The highest BCUT2D eigenvalue weighted by atomic mass is 16.3. The Bertz CT molecular complexity index is 297. The van der Waals surface area contributed by atoms with Gasteiger partial charge in [0.2, 0.25) is 0 Å². The predicted molar refractivity (Wildman–Crippen MR) is 57.7 cm³/mol. The lowest BCUT2D eigenvalue weighted by molar-refractivity contribution is 0.277. The van der Waals surface area contributed by atoms with Crippen LogP contribution in [0.3, 0.4) is 0 Å². The quantitative estimate of drug-likeness (QED) is 0.689. The third kappa shape index (κ3) is 3.68. The molecule has 0 saturated heterocycles. The second-order valence-corrected chi connectivity index (χ2v) is 3.01. The van der Waals surface area contributed by atoms with Gasteiger partial charge in [-0.2, -0.15) is 0 Å². The molecule has 0 saturated carbocycles. The second-order valence-electron chi connectivity index (χ2n) is 3.01. The fraction of sp³-hybridized carbons (Fsp3) is 0.364. The summed E-state index contributed by atoms with van der Waals surface area (Å²) in [5.74, 6) is 0. The molecule has 3 nitrogen and oxygen atoms in total. The number of rotatable bonds is 5. The van der Waals surface area contributed by atoms with E-state index < -0.39 is 0 Å². The molecular weight excluding hydrogens is 176 g/mol. The van der Waals surface area contributed by atoms with Crippen molar-refractivity contribution in [2.75, 3.05) is 13.6 Å². The average Bonchev–Trinajstić information content (AvgIpc) is 2.25. The topological polar surface area (TPSA) is 45.1 Å². The highest BCUT2D eigenvalue weighted by Crippen LogP contribution is 2.01. The molecule has 14 heavy (non-hydrogen) atoms. The minimum Gasteiger partial charge on any atom is -0.390 e. The first-order valence-electron chi connectivity index (χ1n) is 4.74. The molecular formula is C11H16N2O. The molecule has 1 aromatic rings. The molecule has 0 radical (unpaired) electrons. The first-order chi connectivity index (χ1) is 6.86. The number of nitrogens with one attached hydrogen (secondary N) is 1. The Balaban J connectivity index is 2.53. The maximum absolute atomic E-state index is 8.88. The van der Waals surface area contributed by atoms with Crippen molar-refractivity contribution >= 4 is 6.08 Å². The Kier molecular flexibility index (Phi) is 4.89. The Labute approximate surface area is 84.5 Å². The molecule has 0 bridgehead atoms. The summed E-state index contributed by atoms with van der Waals surface area (Å²) in [4.78, 5) is 4.23. The minimum absolute atomic E-state index is 0.00179. The number of aliphatic hydroxyl groups excluding tert-OH is 1. The van der Waals surface area contributed by atoms with Crippen LogP contribution in [0, 0.1) is 0 Å². The third-order valence-electron chi connectivity index (χ3n) is 1.84. The van der Waals surface area contributed by atoms with Gasteiger partial charge in [-0.05, 0) is 38.2 Å². The van der Waals surface area contributed by atoms with Crippen molar-refractivity contribution < 1.29 is 5.11 Å². The normalized spacial score (nSPS) is 11.0. The van der Waals surface area contributed by atoms with E-state index in [2.05, 4.69) is 16.4 Å². The standard InChI is InChI=1S/C11H16N2O/c1-12-8-3-2-5-10-6-4-7-11(9-14)13-10/h2,4-7,12,14H,3,8-9H2,1H3. The van der Waals surface area contributed by atoms with E-state index in [1.54, 1.807) is 0 Å². The van der Waals surface area contributed by atoms with Crippen LogP contribution in [0.15, 0.2) is 24.3 Å². The lowest BCUT2D eigenvalue weighted by Gasteiger charge is -1.97. The highest BCUT2D eigenvalue weighted by molar-refractivity contribution is 5.44. The van der Waals surface area contributed by atoms with Crippen molar-refractivity contribution in [3.05, 3.63) is 35.7 Å². The Morgan fingerprint density at radius 2 is 2.36 bits per heavy atom. The summed E-state index contributed by atoms with van der Waals surface area (Å²) in [5, 5.41) is 11.9. The summed E-state index contributed by atoms with van der Waals surface area (Å²) in [7, 11) is 1.93. The zero-order chi connectivity index (χ0) is 10.2. The van der Waals surface area contributed by atoms with Gasteiger partial charge in [-0.25, -0.2) is 0 Å². The van der Waals surface area contributed by atoms with Crippen LogP contribution in [0.4, 0.5) is 0 Å². The Morgan fingerprint density at radius 3 is 3.07 bits per heavy atom. The van der Waals surface area contributed by atoms with Crippen LogP contribution >= 0.6 is 0 Å². The first kappa shape index (κ1) is 10.9. The van der Waals surface area contributed by atoms with Crippen molar-refractivity contribution in [2.24, 2.45) is 0 Å². The smallest absolute Gasteiger partial charge is 0.0853 e. The van der Waals surface area contributed by atoms with Crippen molar-refractivity contribution in [1.29, 1.82) is 0 Å². The van der Waals surface area contributed by atoms with E-state index >= 15 is 0 Å². The maximum Gasteiger partial charge on any atom is 0.0853 e. The van der Waals surface area contributed by atoms with E-state index in [0.29, 0.717) is 5.69 Å². The molecule has 1 rings (SSSR count). The van der Waals surface area contributed by atoms with Crippen LogP contribution in [0.25, 0.3) is 6.08 Å². The molecule has 2 N–H and O–H groups in total. The fourth-order valence-corrected chi connectivity index (χ4v) is 1.11. The van der Waals surface area contributed by atoms with E-state index in [1.165, 1.54) is 0 Å². The van der Waals surface area contributed by atoms with Crippen LogP contribution < -0.4 is 5.32 Å². The van der Waals surface area contributed by atoms with Gasteiger partial charge in [-0.15, -0.1) is 0 Å². The highest BCUT2D eigenvalue weighted by Gasteiger charge is 1.91. The van der Waals surface area contributed by atoms with Gasteiger partial charge >= 0.3 is 0 Å². The largest absolute Gasteiger partial charge is 0.390 e. The maximum atomic E-state index is 8.88. The molecule has 3 heteroatoms. The molecule has 0 aromatic carbocycles. The van der Waals surface area contributed by atoms with Crippen molar-refractivity contribution in [1.82, 2.24) is 10.3 Å². The van der Waals surface area contributed by atoms with Crippen molar-refractivity contribution in [3.63, 3.8) is 0 Å². The SMILES string of the molecule is CNCCC=Cc1cccc(CO)n1. The number of aromatic nitrogens is 1. The molecule has 0 aliphatic carbocycles. The number of pyridine rings is 1. The van der Waals surface area contributed by atoms with Crippen LogP contribution in [0.2, 0.25) is 0 Å². The van der Waals surface area contributed by atoms with E-state index in [-0.39, 0.29) is 6.61 Å². The molecule has 1 heterocycles. The summed E-state index contributed by atoms with van der Waals surface area (Å²) < 4.78 is 0. The average molecular weight is 192 g/mol. The van der Waals surface area contributed by atoms with Crippen LogP contribution in [0.1, 0.15) is 17.8 Å². The Hall–Kier alpha value is -1.19. The second kappa shape index (κ2) is 6.29. The van der Waals surface area contributed by atoms with Crippen LogP contribution in [-0.2, 0) is 6.61 Å². The molecule has 0 atom stereocenters. The fourth-order valence-electron chi connectivity index (χ4n) is 1.11. The zero-order valence-corrected chi connectivity index (χ0v) is 8.40. The van der Waals surface area contributed by atoms with Gasteiger partial charge < -0.3 is 10.4 Å². The number of hydrogen-bond donors (Lipinski definition) is 2. The predicted octanol–water partition coefficient (Wildman–Crippen LogP) is 1.20. The summed E-state index contributed by atoms with van der Waals surface area (Å²) in [6.45, 7) is 0.967. The first-order valence-corrected chi connectivity index (χ1v) is 4.74.